The molecule has 0 aromatic carbocycles. The van der Waals surface area contributed by atoms with E-state index in [9.17, 15) is 0 Å². The van der Waals surface area contributed by atoms with E-state index in [0.717, 1.165) is 12.5 Å². The molecule has 2 fully saturated rings. The Labute approximate surface area is 128 Å². The van der Waals surface area contributed by atoms with E-state index in [0.29, 0.717) is 0 Å². The smallest absolute Gasteiger partial charge is 0.0339 e. The summed E-state index contributed by atoms with van der Waals surface area (Å²) in [7, 11) is 0. The van der Waals surface area contributed by atoms with Crippen LogP contribution in [0, 0.1) is 5.92 Å². The lowest BCUT2D eigenvalue weighted by atomic mass is 9.96. The zero-order chi connectivity index (χ0) is 13.1. The van der Waals surface area contributed by atoms with Gasteiger partial charge in [0.2, 0.25) is 0 Å². The molecule has 1 aromatic heterocycles. The molecule has 2 saturated heterocycles. The second-order valence-corrected chi connectivity index (χ2v) is 7.77. The second kappa shape index (κ2) is 6.70. The molecule has 3 heterocycles. The third-order valence-corrected chi connectivity index (χ3v) is 6.39. The van der Waals surface area contributed by atoms with Crippen molar-refractivity contribution >= 4 is 27.3 Å². The van der Waals surface area contributed by atoms with Gasteiger partial charge in [-0.15, -0.1) is 11.3 Å². The van der Waals surface area contributed by atoms with Gasteiger partial charge in [0, 0.05) is 22.4 Å². The number of piperidine rings is 1. The fraction of sp³-hybridized carbons (Fsp3) is 0.733. The van der Waals surface area contributed by atoms with Crippen LogP contribution >= 0.6 is 27.3 Å². The topological polar surface area (TPSA) is 6.48 Å². The average Bonchev–Trinajstić information content (AvgIpc) is 3.05. The maximum Gasteiger partial charge on any atom is 0.0339 e. The van der Waals surface area contributed by atoms with Crippen molar-refractivity contribution in [3.05, 3.63) is 20.8 Å². The van der Waals surface area contributed by atoms with E-state index < -0.39 is 0 Å². The van der Waals surface area contributed by atoms with E-state index in [1.54, 1.807) is 0 Å². The normalized spacial score (nSPS) is 23.2. The Morgan fingerprint density at radius 1 is 1.11 bits per heavy atom. The fourth-order valence-corrected chi connectivity index (χ4v) is 4.82. The maximum atomic E-state index is 3.64. The Morgan fingerprint density at radius 3 is 2.47 bits per heavy atom. The number of hydrogen-bond acceptors (Lipinski definition) is 3. The molecule has 0 aliphatic carbocycles. The van der Waals surface area contributed by atoms with Gasteiger partial charge in [-0.1, -0.05) is 0 Å². The highest BCUT2D eigenvalue weighted by Gasteiger charge is 2.23. The largest absolute Gasteiger partial charge is 0.303 e. The van der Waals surface area contributed by atoms with Crippen LogP contribution < -0.4 is 0 Å². The van der Waals surface area contributed by atoms with Crippen LogP contribution in [0.3, 0.4) is 0 Å². The Kier molecular flexibility index (Phi) is 4.96. The van der Waals surface area contributed by atoms with Crippen molar-refractivity contribution in [3.63, 3.8) is 0 Å². The standard InChI is InChI=1S/C15H23BrN2S/c16-14-5-10-19-15(14)12-18-8-3-13(4-9-18)11-17-6-1-2-7-17/h5,10,13H,1-4,6-9,11-12H2. The maximum absolute atomic E-state index is 3.64. The monoisotopic (exact) mass is 342 g/mol. The first-order valence-electron chi connectivity index (χ1n) is 7.48. The lowest BCUT2D eigenvalue weighted by Gasteiger charge is -2.33. The minimum absolute atomic E-state index is 0.945. The lowest BCUT2D eigenvalue weighted by Crippen LogP contribution is -2.37. The molecule has 0 unspecified atom stereocenters. The molecule has 106 valence electrons. The molecule has 1 aromatic rings. The van der Waals surface area contributed by atoms with Gasteiger partial charge in [-0.2, -0.15) is 0 Å². The number of rotatable bonds is 4. The molecule has 2 aliphatic heterocycles. The van der Waals surface area contributed by atoms with Gasteiger partial charge < -0.3 is 4.90 Å². The summed E-state index contributed by atoms with van der Waals surface area (Å²) in [5.74, 6) is 0.945. The number of hydrogen-bond donors (Lipinski definition) is 0. The van der Waals surface area contributed by atoms with Gasteiger partial charge in [0.05, 0.1) is 0 Å². The lowest BCUT2D eigenvalue weighted by molar-refractivity contribution is 0.149. The van der Waals surface area contributed by atoms with Crippen molar-refractivity contribution < 1.29 is 0 Å². The van der Waals surface area contributed by atoms with Crippen LogP contribution in [0.1, 0.15) is 30.6 Å². The van der Waals surface area contributed by atoms with Crippen LogP contribution in [0.4, 0.5) is 0 Å². The summed E-state index contributed by atoms with van der Waals surface area (Å²) in [6.45, 7) is 7.75. The van der Waals surface area contributed by atoms with Crippen molar-refractivity contribution in [3.8, 4) is 0 Å². The highest BCUT2D eigenvalue weighted by atomic mass is 79.9. The summed E-state index contributed by atoms with van der Waals surface area (Å²) in [4.78, 5) is 6.78. The van der Waals surface area contributed by atoms with Gasteiger partial charge in [-0.25, -0.2) is 0 Å². The van der Waals surface area contributed by atoms with E-state index in [1.165, 1.54) is 67.8 Å². The highest BCUT2D eigenvalue weighted by Crippen LogP contribution is 2.27. The van der Waals surface area contributed by atoms with Gasteiger partial charge in [-0.3, -0.25) is 4.90 Å². The minimum Gasteiger partial charge on any atom is -0.303 e. The molecular weight excluding hydrogens is 320 g/mol. The predicted molar refractivity (Wildman–Crippen MR) is 85.7 cm³/mol. The first kappa shape index (κ1) is 14.1. The Bertz CT molecular complexity index is 393. The van der Waals surface area contributed by atoms with Crippen molar-refractivity contribution in [2.75, 3.05) is 32.7 Å². The number of halogens is 1. The molecule has 0 atom stereocenters. The van der Waals surface area contributed by atoms with Crippen molar-refractivity contribution in [2.24, 2.45) is 5.92 Å². The Hall–Kier alpha value is 0.1000. The molecule has 0 radical (unpaired) electrons. The fourth-order valence-electron chi connectivity index (χ4n) is 3.30. The van der Waals surface area contributed by atoms with E-state index in [1.807, 2.05) is 11.3 Å². The van der Waals surface area contributed by atoms with E-state index in [-0.39, 0.29) is 0 Å². The number of thiophene rings is 1. The molecule has 4 heteroatoms. The number of nitrogens with zero attached hydrogens (tertiary/aromatic N) is 2. The molecule has 0 spiro atoms. The average molecular weight is 343 g/mol. The highest BCUT2D eigenvalue weighted by molar-refractivity contribution is 9.10. The van der Waals surface area contributed by atoms with Crippen LogP contribution in [-0.2, 0) is 6.54 Å². The molecule has 2 aliphatic rings. The molecule has 19 heavy (non-hydrogen) atoms. The Morgan fingerprint density at radius 2 is 1.84 bits per heavy atom. The summed E-state index contributed by atoms with van der Waals surface area (Å²) in [5.41, 5.74) is 0. The third kappa shape index (κ3) is 3.81. The first-order valence-corrected chi connectivity index (χ1v) is 9.15. The van der Waals surface area contributed by atoms with E-state index in [4.69, 9.17) is 0 Å². The summed E-state index contributed by atoms with van der Waals surface area (Å²) < 4.78 is 1.29. The second-order valence-electron chi connectivity index (χ2n) is 5.92. The minimum atomic E-state index is 0.945. The summed E-state index contributed by atoms with van der Waals surface area (Å²) in [6, 6.07) is 2.17. The SMILES string of the molecule is Brc1ccsc1CN1CCC(CN2CCCC2)CC1. The first-order chi connectivity index (χ1) is 9.31. The molecule has 0 bridgehead atoms. The van der Waals surface area contributed by atoms with Crippen LogP contribution in [0.15, 0.2) is 15.9 Å². The van der Waals surface area contributed by atoms with Crippen LogP contribution in [0.5, 0.6) is 0 Å². The number of likely N-dealkylation sites (tertiary alicyclic amines) is 2. The van der Waals surface area contributed by atoms with Crippen LogP contribution in [-0.4, -0.2) is 42.5 Å². The van der Waals surface area contributed by atoms with Gasteiger partial charge in [0.1, 0.15) is 0 Å². The zero-order valence-electron chi connectivity index (χ0n) is 11.5. The van der Waals surface area contributed by atoms with Crippen molar-refractivity contribution in [2.45, 2.75) is 32.2 Å². The van der Waals surface area contributed by atoms with Crippen LogP contribution in [0.25, 0.3) is 0 Å². The van der Waals surface area contributed by atoms with Gasteiger partial charge >= 0.3 is 0 Å². The molecule has 0 amide bonds. The van der Waals surface area contributed by atoms with E-state index in [2.05, 4.69) is 37.2 Å². The third-order valence-electron chi connectivity index (χ3n) is 4.48. The molecule has 0 N–H and O–H groups in total. The quantitative estimate of drug-likeness (QED) is 0.820. The van der Waals surface area contributed by atoms with Gasteiger partial charge in [0.15, 0.2) is 0 Å². The Balaban J connectivity index is 1.43. The molecule has 2 nitrogen and oxygen atoms in total. The summed E-state index contributed by atoms with van der Waals surface area (Å²) in [6.07, 6.45) is 5.62. The summed E-state index contributed by atoms with van der Waals surface area (Å²) >= 11 is 5.51. The van der Waals surface area contributed by atoms with Crippen molar-refractivity contribution in [1.29, 1.82) is 0 Å². The van der Waals surface area contributed by atoms with Gasteiger partial charge in [0.25, 0.3) is 0 Å². The molecule has 3 rings (SSSR count). The zero-order valence-corrected chi connectivity index (χ0v) is 13.9. The van der Waals surface area contributed by atoms with Crippen molar-refractivity contribution in [1.82, 2.24) is 9.80 Å². The van der Waals surface area contributed by atoms with Gasteiger partial charge in [-0.05, 0) is 85.2 Å². The predicted octanol–water partition coefficient (Wildman–Crippen LogP) is 3.82. The van der Waals surface area contributed by atoms with E-state index >= 15 is 0 Å². The molecular formula is C15H23BrN2S. The summed E-state index contributed by atoms with van der Waals surface area (Å²) in [5, 5.41) is 2.18. The molecule has 0 saturated carbocycles. The van der Waals surface area contributed by atoms with Crippen LogP contribution in [0.2, 0.25) is 0 Å².